The Morgan fingerprint density at radius 2 is 1.43 bits per heavy atom. The molecule has 0 aliphatic carbocycles. The molecule has 0 aliphatic heterocycles. The van der Waals surface area contributed by atoms with Gasteiger partial charge < -0.3 is 10.2 Å². The Morgan fingerprint density at radius 3 is 2.00 bits per heavy atom. The number of carbonyl (C=O) groups excluding carboxylic acids is 2. The van der Waals surface area contributed by atoms with Crippen LogP contribution >= 0.6 is 46.4 Å². The standard InChI is InChI=1S/C35H35Cl4N3O4S/c1-23-10-14-30(15-11-23)47(45,46)42(29-18-27(37)17-28(38)19-29)22-33(43)41(21-25-12-13-26(36)20-31(25)39)32(34(44)40-35(2,3)4)16-24-8-6-5-7-9-24/h5-15,17-20,32H,16,21-22H2,1-4H3,(H,40,44). The van der Waals surface area contributed by atoms with E-state index in [-0.39, 0.29) is 38.6 Å². The SMILES string of the molecule is Cc1ccc(S(=O)(=O)N(CC(=O)N(Cc2ccc(Cl)cc2Cl)C(Cc2ccccc2)C(=O)NC(C)(C)C)c2cc(Cl)cc(Cl)c2)cc1. The molecule has 0 fully saturated rings. The molecule has 0 bridgehead atoms. The summed E-state index contributed by atoms with van der Waals surface area (Å²) in [4.78, 5) is 29.9. The van der Waals surface area contributed by atoms with Gasteiger partial charge in [0.15, 0.2) is 0 Å². The van der Waals surface area contributed by atoms with E-state index in [4.69, 9.17) is 46.4 Å². The highest BCUT2D eigenvalue weighted by Gasteiger charge is 2.36. The van der Waals surface area contributed by atoms with Crippen molar-refractivity contribution in [1.29, 1.82) is 0 Å². The first-order chi connectivity index (χ1) is 22.0. The molecule has 0 aromatic heterocycles. The van der Waals surface area contributed by atoms with Gasteiger partial charge in [0.1, 0.15) is 12.6 Å². The van der Waals surface area contributed by atoms with E-state index in [9.17, 15) is 18.0 Å². The number of sulfonamides is 1. The van der Waals surface area contributed by atoms with Crippen LogP contribution in [-0.4, -0.2) is 43.3 Å². The van der Waals surface area contributed by atoms with Gasteiger partial charge in [-0.15, -0.1) is 0 Å². The summed E-state index contributed by atoms with van der Waals surface area (Å²) in [7, 11) is -4.33. The van der Waals surface area contributed by atoms with Crippen LogP contribution in [0.5, 0.6) is 0 Å². The number of hydrogen-bond donors (Lipinski definition) is 1. The molecule has 248 valence electrons. The minimum absolute atomic E-state index is 0.0365. The zero-order valence-corrected chi connectivity index (χ0v) is 30.1. The Bertz CT molecular complexity index is 1830. The van der Waals surface area contributed by atoms with Gasteiger partial charge in [-0.2, -0.15) is 0 Å². The van der Waals surface area contributed by atoms with E-state index < -0.39 is 40.0 Å². The number of rotatable bonds is 11. The van der Waals surface area contributed by atoms with Crippen LogP contribution in [0, 0.1) is 6.92 Å². The Balaban J connectivity index is 1.86. The lowest BCUT2D eigenvalue weighted by Crippen LogP contribution is -2.56. The van der Waals surface area contributed by atoms with E-state index in [0.29, 0.717) is 10.6 Å². The lowest BCUT2D eigenvalue weighted by atomic mass is 10.0. The number of amides is 2. The molecule has 0 spiro atoms. The van der Waals surface area contributed by atoms with Gasteiger partial charge in [0, 0.05) is 38.6 Å². The Morgan fingerprint density at radius 1 is 0.809 bits per heavy atom. The van der Waals surface area contributed by atoms with E-state index in [0.717, 1.165) is 15.4 Å². The van der Waals surface area contributed by atoms with Gasteiger partial charge in [-0.1, -0.05) is 100 Å². The maximum atomic E-state index is 14.6. The monoisotopic (exact) mass is 733 g/mol. The third-order valence-electron chi connectivity index (χ3n) is 7.15. The highest BCUT2D eigenvalue weighted by Crippen LogP contribution is 2.31. The molecular formula is C35H35Cl4N3O4S. The number of nitrogens with zero attached hydrogens (tertiary/aromatic N) is 2. The lowest BCUT2D eigenvalue weighted by Gasteiger charge is -2.35. The van der Waals surface area contributed by atoms with Crippen molar-refractivity contribution in [2.75, 3.05) is 10.8 Å². The van der Waals surface area contributed by atoms with Crippen molar-refractivity contribution in [2.24, 2.45) is 0 Å². The van der Waals surface area contributed by atoms with Gasteiger partial charge >= 0.3 is 0 Å². The van der Waals surface area contributed by atoms with Crippen molar-refractivity contribution in [3.63, 3.8) is 0 Å². The number of aryl methyl sites for hydroxylation is 1. The predicted octanol–water partition coefficient (Wildman–Crippen LogP) is 8.36. The lowest BCUT2D eigenvalue weighted by molar-refractivity contribution is -0.140. The van der Waals surface area contributed by atoms with Gasteiger partial charge in [0.2, 0.25) is 11.8 Å². The molecule has 0 saturated heterocycles. The molecule has 0 saturated carbocycles. The number of nitrogens with one attached hydrogen (secondary N) is 1. The van der Waals surface area contributed by atoms with Gasteiger partial charge in [0.05, 0.1) is 10.6 Å². The van der Waals surface area contributed by atoms with Crippen LogP contribution in [0.1, 0.15) is 37.5 Å². The fourth-order valence-corrected chi connectivity index (χ4v) is 7.27. The van der Waals surface area contributed by atoms with Gasteiger partial charge in [-0.25, -0.2) is 8.42 Å². The minimum atomic E-state index is -4.33. The molecule has 0 aliphatic rings. The van der Waals surface area contributed by atoms with Crippen LogP contribution in [0.3, 0.4) is 0 Å². The van der Waals surface area contributed by atoms with E-state index in [1.54, 1.807) is 30.3 Å². The third-order valence-corrected chi connectivity index (χ3v) is 9.96. The molecule has 12 heteroatoms. The molecule has 1 N–H and O–H groups in total. The summed E-state index contributed by atoms with van der Waals surface area (Å²) < 4.78 is 29.4. The first kappa shape index (κ1) is 36.6. The molecule has 0 radical (unpaired) electrons. The van der Waals surface area contributed by atoms with Gasteiger partial charge in [-0.05, 0) is 81.3 Å². The molecule has 2 amide bonds. The number of anilines is 1. The number of benzene rings is 4. The molecular weight excluding hydrogens is 700 g/mol. The van der Waals surface area contributed by atoms with Crippen molar-refractivity contribution in [1.82, 2.24) is 10.2 Å². The fraction of sp³-hybridized carbons (Fsp3) is 0.257. The summed E-state index contributed by atoms with van der Waals surface area (Å²) in [5.41, 5.74) is 1.63. The number of hydrogen-bond acceptors (Lipinski definition) is 4. The Labute approximate surface area is 296 Å². The highest BCUT2D eigenvalue weighted by molar-refractivity contribution is 7.92. The van der Waals surface area contributed by atoms with E-state index in [1.807, 2.05) is 58.0 Å². The Kier molecular flexibility index (Phi) is 11.9. The summed E-state index contributed by atoms with van der Waals surface area (Å²) in [6.45, 7) is 6.57. The topological polar surface area (TPSA) is 86.8 Å². The molecule has 4 rings (SSSR count). The first-order valence-electron chi connectivity index (χ1n) is 14.7. The maximum absolute atomic E-state index is 14.6. The van der Waals surface area contributed by atoms with Crippen LogP contribution in [0.2, 0.25) is 20.1 Å². The fourth-order valence-electron chi connectivity index (χ4n) is 4.89. The van der Waals surface area contributed by atoms with Crippen LogP contribution in [0.15, 0.2) is 95.9 Å². The summed E-state index contributed by atoms with van der Waals surface area (Å²) in [6.07, 6.45) is 0.146. The van der Waals surface area contributed by atoms with Gasteiger partial charge in [0.25, 0.3) is 10.0 Å². The molecule has 0 heterocycles. The summed E-state index contributed by atoms with van der Waals surface area (Å²) in [5.74, 6) is -1.08. The number of halogens is 4. The molecule has 1 atom stereocenters. The van der Waals surface area contributed by atoms with Gasteiger partial charge in [-0.3, -0.25) is 13.9 Å². The van der Waals surface area contributed by atoms with Crippen molar-refractivity contribution in [3.05, 3.63) is 128 Å². The second kappa shape index (κ2) is 15.3. The van der Waals surface area contributed by atoms with Crippen LogP contribution in [-0.2, 0) is 32.6 Å². The minimum Gasteiger partial charge on any atom is -0.350 e. The van der Waals surface area contributed by atoms with Crippen molar-refractivity contribution >= 4 is 73.9 Å². The average Bonchev–Trinajstić information content (AvgIpc) is 2.97. The van der Waals surface area contributed by atoms with Crippen LogP contribution < -0.4 is 9.62 Å². The summed E-state index contributed by atoms with van der Waals surface area (Å²) >= 11 is 25.4. The molecule has 1 unspecified atom stereocenters. The average molecular weight is 736 g/mol. The highest BCUT2D eigenvalue weighted by atomic mass is 35.5. The summed E-state index contributed by atoms with van der Waals surface area (Å²) in [6, 6.07) is 23.6. The Hall–Kier alpha value is -3.27. The van der Waals surface area contributed by atoms with Crippen molar-refractivity contribution in [3.8, 4) is 0 Å². The number of carbonyl (C=O) groups is 2. The predicted molar refractivity (Wildman–Crippen MR) is 191 cm³/mol. The molecule has 7 nitrogen and oxygen atoms in total. The third kappa shape index (κ3) is 9.87. The summed E-state index contributed by atoms with van der Waals surface area (Å²) in [5, 5.41) is 4.04. The van der Waals surface area contributed by atoms with E-state index in [1.165, 1.54) is 35.2 Å². The smallest absolute Gasteiger partial charge is 0.264 e. The van der Waals surface area contributed by atoms with E-state index in [2.05, 4.69) is 5.32 Å². The van der Waals surface area contributed by atoms with Crippen LogP contribution in [0.25, 0.3) is 0 Å². The molecule has 4 aromatic carbocycles. The zero-order valence-electron chi connectivity index (χ0n) is 26.3. The largest absolute Gasteiger partial charge is 0.350 e. The second-order valence-corrected chi connectivity index (χ2v) is 15.7. The van der Waals surface area contributed by atoms with E-state index >= 15 is 0 Å². The second-order valence-electron chi connectivity index (χ2n) is 12.2. The normalized spacial score (nSPS) is 12.3. The van der Waals surface area contributed by atoms with Crippen LogP contribution in [0.4, 0.5) is 5.69 Å². The zero-order chi connectivity index (χ0) is 34.5. The van der Waals surface area contributed by atoms with Crippen molar-refractivity contribution in [2.45, 2.75) is 57.1 Å². The van der Waals surface area contributed by atoms with Crippen molar-refractivity contribution < 1.29 is 18.0 Å². The molecule has 4 aromatic rings. The quantitative estimate of drug-likeness (QED) is 0.168. The maximum Gasteiger partial charge on any atom is 0.264 e. The molecule has 47 heavy (non-hydrogen) atoms. The first-order valence-corrected chi connectivity index (χ1v) is 17.6.